The van der Waals surface area contributed by atoms with E-state index in [9.17, 15) is 23.5 Å². The molecular formula is C13H9F2NO3. The number of rotatable bonds is 3. The van der Waals surface area contributed by atoms with Crippen molar-refractivity contribution < 1.29 is 18.7 Å². The van der Waals surface area contributed by atoms with Crippen molar-refractivity contribution >= 4 is 5.97 Å². The van der Waals surface area contributed by atoms with E-state index in [1.54, 1.807) is 0 Å². The number of nitrogens with one attached hydrogen (secondary N) is 1. The molecule has 0 fully saturated rings. The Bertz CT molecular complexity index is 682. The molecule has 4 nitrogen and oxygen atoms in total. The third kappa shape index (κ3) is 2.52. The minimum absolute atomic E-state index is 0.111. The molecule has 1 aromatic carbocycles. The van der Waals surface area contributed by atoms with Gasteiger partial charge in [-0.1, -0.05) is 12.1 Å². The van der Waals surface area contributed by atoms with E-state index in [2.05, 4.69) is 4.98 Å². The number of H-pyrrole nitrogens is 1. The van der Waals surface area contributed by atoms with Gasteiger partial charge in [0.2, 0.25) is 0 Å². The first kappa shape index (κ1) is 12.9. The van der Waals surface area contributed by atoms with Crippen LogP contribution in [-0.2, 0) is 4.79 Å². The Balaban J connectivity index is 2.62. The number of aromatic amines is 1. The molecule has 0 saturated carbocycles. The lowest BCUT2D eigenvalue weighted by molar-refractivity contribution is -0.137. The number of hydrogen-bond donors (Lipinski definition) is 2. The van der Waals surface area contributed by atoms with E-state index in [-0.39, 0.29) is 11.1 Å². The summed E-state index contributed by atoms with van der Waals surface area (Å²) in [5.41, 5.74) is -0.996. The summed E-state index contributed by atoms with van der Waals surface area (Å²) in [6, 6.07) is 5.29. The standard InChI is InChI=1S/C13H9F2NO3/c14-7-3-4-8(10(15)6-7)11(13(18)19)9-2-1-5-16-12(9)17/h1-6,11H,(H,16,17)(H,18,19). The van der Waals surface area contributed by atoms with Crippen molar-refractivity contribution in [2.75, 3.05) is 0 Å². The van der Waals surface area contributed by atoms with Gasteiger partial charge in [-0.25, -0.2) is 8.78 Å². The van der Waals surface area contributed by atoms with Gasteiger partial charge in [0, 0.05) is 23.4 Å². The Kier molecular flexibility index (Phi) is 3.41. The van der Waals surface area contributed by atoms with E-state index in [1.165, 1.54) is 18.3 Å². The third-order valence-corrected chi connectivity index (χ3v) is 2.68. The number of carboxylic acid groups (broad SMARTS) is 1. The van der Waals surface area contributed by atoms with Gasteiger partial charge < -0.3 is 10.1 Å². The van der Waals surface area contributed by atoms with Gasteiger partial charge in [0.25, 0.3) is 5.56 Å². The highest BCUT2D eigenvalue weighted by atomic mass is 19.1. The summed E-state index contributed by atoms with van der Waals surface area (Å²) in [6.07, 6.45) is 1.34. The predicted molar refractivity (Wildman–Crippen MR) is 62.9 cm³/mol. The Labute approximate surface area is 106 Å². The van der Waals surface area contributed by atoms with Crippen LogP contribution in [0.15, 0.2) is 41.3 Å². The van der Waals surface area contributed by atoms with Crippen LogP contribution in [0.25, 0.3) is 0 Å². The van der Waals surface area contributed by atoms with Gasteiger partial charge in [-0.2, -0.15) is 0 Å². The highest BCUT2D eigenvalue weighted by Gasteiger charge is 2.27. The van der Waals surface area contributed by atoms with E-state index < -0.39 is 29.1 Å². The normalized spacial score (nSPS) is 12.1. The number of aromatic nitrogens is 1. The molecule has 2 aromatic rings. The monoisotopic (exact) mass is 265 g/mol. The number of pyridine rings is 1. The Morgan fingerprint density at radius 3 is 2.53 bits per heavy atom. The number of aliphatic carboxylic acids is 1. The maximum absolute atomic E-state index is 13.7. The number of halogens is 2. The third-order valence-electron chi connectivity index (χ3n) is 2.68. The molecule has 0 aliphatic carbocycles. The fourth-order valence-electron chi connectivity index (χ4n) is 1.83. The first-order valence-corrected chi connectivity index (χ1v) is 5.36. The summed E-state index contributed by atoms with van der Waals surface area (Å²) >= 11 is 0. The van der Waals surface area contributed by atoms with Crippen LogP contribution in [0.5, 0.6) is 0 Å². The second-order valence-electron chi connectivity index (χ2n) is 3.89. The van der Waals surface area contributed by atoms with Crippen LogP contribution in [-0.4, -0.2) is 16.1 Å². The molecule has 0 saturated heterocycles. The van der Waals surface area contributed by atoms with Crippen molar-refractivity contribution in [3.8, 4) is 0 Å². The van der Waals surface area contributed by atoms with Gasteiger partial charge in [0.05, 0.1) is 0 Å². The first-order valence-electron chi connectivity index (χ1n) is 5.36. The molecule has 0 aliphatic rings. The molecule has 0 aliphatic heterocycles. The summed E-state index contributed by atoms with van der Waals surface area (Å²) in [5, 5.41) is 9.19. The number of hydrogen-bond acceptors (Lipinski definition) is 2. The molecule has 1 atom stereocenters. The molecule has 1 aromatic heterocycles. The van der Waals surface area contributed by atoms with Gasteiger partial charge in [0.1, 0.15) is 17.6 Å². The predicted octanol–water partition coefficient (Wildman–Crippen LogP) is 1.87. The van der Waals surface area contributed by atoms with Crippen molar-refractivity contribution in [2.45, 2.75) is 5.92 Å². The molecule has 6 heteroatoms. The number of benzene rings is 1. The van der Waals surface area contributed by atoms with Gasteiger partial charge in [-0.15, -0.1) is 0 Å². The van der Waals surface area contributed by atoms with Crippen LogP contribution >= 0.6 is 0 Å². The van der Waals surface area contributed by atoms with E-state index in [4.69, 9.17) is 0 Å². The van der Waals surface area contributed by atoms with Crippen molar-refractivity contribution in [1.29, 1.82) is 0 Å². The summed E-state index contributed by atoms with van der Waals surface area (Å²) in [7, 11) is 0. The molecule has 2 N–H and O–H groups in total. The number of carboxylic acids is 1. The summed E-state index contributed by atoms with van der Waals surface area (Å²) in [6.45, 7) is 0. The van der Waals surface area contributed by atoms with E-state index in [1.807, 2.05) is 0 Å². The van der Waals surface area contributed by atoms with Gasteiger partial charge in [0.15, 0.2) is 0 Å². The van der Waals surface area contributed by atoms with E-state index in [0.29, 0.717) is 6.07 Å². The average molecular weight is 265 g/mol. The van der Waals surface area contributed by atoms with E-state index in [0.717, 1.165) is 12.1 Å². The average Bonchev–Trinajstić information content (AvgIpc) is 2.34. The molecule has 0 bridgehead atoms. The molecule has 19 heavy (non-hydrogen) atoms. The Morgan fingerprint density at radius 1 is 1.21 bits per heavy atom. The van der Waals surface area contributed by atoms with Crippen LogP contribution in [0, 0.1) is 11.6 Å². The van der Waals surface area contributed by atoms with Gasteiger partial charge in [-0.3, -0.25) is 9.59 Å². The van der Waals surface area contributed by atoms with Crippen LogP contribution in [0.1, 0.15) is 17.0 Å². The lowest BCUT2D eigenvalue weighted by atomic mass is 9.92. The summed E-state index contributed by atoms with van der Waals surface area (Å²) in [5.74, 6) is -4.68. The van der Waals surface area contributed by atoms with Crippen molar-refractivity contribution in [2.24, 2.45) is 0 Å². The molecule has 1 heterocycles. The van der Waals surface area contributed by atoms with Gasteiger partial charge >= 0.3 is 5.97 Å². The maximum Gasteiger partial charge on any atom is 0.315 e. The highest BCUT2D eigenvalue weighted by molar-refractivity contribution is 5.80. The van der Waals surface area contributed by atoms with Crippen LogP contribution < -0.4 is 5.56 Å². The molecule has 0 spiro atoms. The first-order chi connectivity index (χ1) is 9.00. The lowest BCUT2D eigenvalue weighted by Gasteiger charge is -2.13. The second kappa shape index (κ2) is 5.01. The summed E-state index contributed by atoms with van der Waals surface area (Å²) < 4.78 is 26.5. The minimum atomic E-state index is -1.48. The van der Waals surface area contributed by atoms with Crippen molar-refractivity contribution in [3.05, 3.63) is 69.6 Å². The zero-order chi connectivity index (χ0) is 14.0. The molecule has 0 amide bonds. The molecule has 98 valence electrons. The quantitative estimate of drug-likeness (QED) is 0.890. The Morgan fingerprint density at radius 2 is 1.95 bits per heavy atom. The lowest BCUT2D eigenvalue weighted by Crippen LogP contribution is -2.23. The fraction of sp³-hybridized carbons (Fsp3) is 0.0769. The smallest absolute Gasteiger partial charge is 0.315 e. The van der Waals surface area contributed by atoms with Crippen LogP contribution in [0.2, 0.25) is 0 Å². The minimum Gasteiger partial charge on any atom is -0.481 e. The molecule has 0 radical (unpaired) electrons. The highest BCUT2D eigenvalue weighted by Crippen LogP contribution is 2.25. The number of carbonyl (C=O) groups is 1. The zero-order valence-corrected chi connectivity index (χ0v) is 9.56. The largest absolute Gasteiger partial charge is 0.481 e. The molecule has 2 rings (SSSR count). The molecular weight excluding hydrogens is 256 g/mol. The van der Waals surface area contributed by atoms with Crippen molar-refractivity contribution in [1.82, 2.24) is 4.98 Å². The van der Waals surface area contributed by atoms with Crippen LogP contribution in [0.3, 0.4) is 0 Å². The summed E-state index contributed by atoms with van der Waals surface area (Å²) in [4.78, 5) is 25.2. The fourth-order valence-corrected chi connectivity index (χ4v) is 1.83. The van der Waals surface area contributed by atoms with E-state index >= 15 is 0 Å². The van der Waals surface area contributed by atoms with Gasteiger partial charge in [-0.05, 0) is 12.1 Å². The zero-order valence-electron chi connectivity index (χ0n) is 9.56. The second-order valence-corrected chi connectivity index (χ2v) is 3.89. The van der Waals surface area contributed by atoms with Crippen LogP contribution in [0.4, 0.5) is 8.78 Å². The molecule has 1 unspecified atom stereocenters. The Hall–Kier alpha value is -2.50. The topological polar surface area (TPSA) is 70.2 Å². The maximum atomic E-state index is 13.7. The van der Waals surface area contributed by atoms with Crippen molar-refractivity contribution in [3.63, 3.8) is 0 Å². The SMILES string of the molecule is O=C(O)C(c1ccc(F)cc1F)c1ccc[nH]c1=O.